The second-order valence-electron chi connectivity index (χ2n) is 5.16. The summed E-state index contributed by atoms with van der Waals surface area (Å²) in [6.07, 6.45) is 3.01. The molecule has 1 amide bonds. The van der Waals surface area contributed by atoms with E-state index in [1.165, 1.54) is 0 Å². The van der Waals surface area contributed by atoms with Gasteiger partial charge >= 0.3 is 0 Å². The Hall–Kier alpha value is -0.620. The van der Waals surface area contributed by atoms with Crippen molar-refractivity contribution < 1.29 is 13.2 Å². The van der Waals surface area contributed by atoms with Gasteiger partial charge in [0, 0.05) is 13.1 Å². The molecule has 1 unspecified atom stereocenters. The molecule has 2 rings (SSSR count). The quantitative estimate of drug-likeness (QED) is 0.707. The van der Waals surface area contributed by atoms with Gasteiger partial charge in [0.15, 0.2) is 9.84 Å². The molecule has 1 N–H and O–H groups in total. The SMILES string of the molecule is CC1(C(=O)N2CCS(=O)(=O)CC2)CCCCN1. The first-order valence-corrected chi connectivity index (χ1v) is 8.00. The van der Waals surface area contributed by atoms with Crippen LogP contribution in [0, 0.1) is 0 Å². The van der Waals surface area contributed by atoms with Gasteiger partial charge in [-0.2, -0.15) is 0 Å². The second-order valence-corrected chi connectivity index (χ2v) is 7.46. The number of hydrogen-bond acceptors (Lipinski definition) is 4. The summed E-state index contributed by atoms with van der Waals surface area (Å²) >= 11 is 0. The van der Waals surface area contributed by atoms with E-state index in [1.807, 2.05) is 6.92 Å². The smallest absolute Gasteiger partial charge is 0.242 e. The van der Waals surface area contributed by atoms with E-state index in [9.17, 15) is 13.2 Å². The second kappa shape index (κ2) is 4.57. The van der Waals surface area contributed by atoms with E-state index in [0.717, 1.165) is 25.8 Å². The number of amides is 1. The van der Waals surface area contributed by atoms with Gasteiger partial charge in [-0.25, -0.2) is 8.42 Å². The van der Waals surface area contributed by atoms with Crippen LogP contribution in [-0.2, 0) is 14.6 Å². The van der Waals surface area contributed by atoms with Crippen LogP contribution in [-0.4, -0.2) is 55.9 Å². The van der Waals surface area contributed by atoms with Crippen LogP contribution < -0.4 is 5.32 Å². The van der Waals surface area contributed by atoms with Crippen molar-refractivity contribution >= 4 is 15.7 Å². The van der Waals surface area contributed by atoms with Crippen molar-refractivity contribution in [3.8, 4) is 0 Å². The van der Waals surface area contributed by atoms with Crippen molar-refractivity contribution in [2.75, 3.05) is 31.1 Å². The summed E-state index contributed by atoms with van der Waals surface area (Å²) in [5, 5.41) is 3.27. The molecule has 98 valence electrons. The monoisotopic (exact) mass is 260 g/mol. The lowest BCUT2D eigenvalue weighted by atomic mass is 9.89. The molecule has 0 aromatic carbocycles. The van der Waals surface area contributed by atoms with Crippen LogP contribution in [0.25, 0.3) is 0 Å². The normalized spacial score (nSPS) is 33.4. The topological polar surface area (TPSA) is 66.5 Å². The predicted molar refractivity (Wildman–Crippen MR) is 65.5 cm³/mol. The summed E-state index contributed by atoms with van der Waals surface area (Å²) in [5.74, 6) is 0.274. The Morgan fingerprint density at radius 2 is 1.88 bits per heavy atom. The third kappa shape index (κ3) is 2.80. The summed E-state index contributed by atoms with van der Waals surface area (Å²) in [6, 6.07) is 0. The van der Waals surface area contributed by atoms with Gasteiger partial charge in [0.05, 0.1) is 17.0 Å². The van der Waals surface area contributed by atoms with E-state index in [2.05, 4.69) is 5.32 Å². The molecule has 0 bridgehead atoms. The van der Waals surface area contributed by atoms with Crippen LogP contribution in [0.5, 0.6) is 0 Å². The predicted octanol–water partition coefficient (Wildman–Crippen LogP) is -0.224. The van der Waals surface area contributed by atoms with Crippen LogP contribution >= 0.6 is 0 Å². The highest BCUT2D eigenvalue weighted by atomic mass is 32.2. The first kappa shape index (κ1) is 12.8. The fraction of sp³-hybridized carbons (Fsp3) is 0.909. The first-order valence-electron chi connectivity index (χ1n) is 6.18. The first-order chi connectivity index (χ1) is 7.93. The van der Waals surface area contributed by atoms with Gasteiger partial charge < -0.3 is 10.2 Å². The van der Waals surface area contributed by atoms with Gasteiger partial charge in [0.2, 0.25) is 5.91 Å². The lowest BCUT2D eigenvalue weighted by molar-refractivity contribution is -0.138. The molecule has 17 heavy (non-hydrogen) atoms. The third-order valence-corrected chi connectivity index (χ3v) is 5.33. The van der Waals surface area contributed by atoms with E-state index in [1.54, 1.807) is 4.90 Å². The molecule has 0 aromatic heterocycles. The maximum Gasteiger partial charge on any atom is 0.242 e. The van der Waals surface area contributed by atoms with Gasteiger partial charge in [0.25, 0.3) is 0 Å². The summed E-state index contributed by atoms with van der Waals surface area (Å²) in [4.78, 5) is 14.0. The van der Waals surface area contributed by atoms with Crippen LogP contribution in [0.4, 0.5) is 0 Å². The molecule has 2 aliphatic rings. The summed E-state index contributed by atoms with van der Waals surface area (Å²) < 4.78 is 22.6. The Balaban J connectivity index is 2.01. The maximum absolute atomic E-state index is 12.4. The minimum absolute atomic E-state index is 0.0621. The van der Waals surface area contributed by atoms with Crippen molar-refractivity contribution in [2.24, 2.45) is 0 Å². The van der Waals surface area contributed by atoms with Gasteiger partial charge in [-0.1, -0.05) is 0 Å². The van der Waals surface area contributed by atoms with Crippen LogP contribution in [0.15, 0.2) is 0 Å². The number of hydrogen-bond donors (Lipinski definition) is 1. The van der Waals surface area contributed by atoms with Gasteiger partial charge in [-0.3, -0.25) is 4.79 Å². The average molecular weight is 260 g/mol. The summed E-state index contributed by atoms with van der Waals surface area (Å²) in [7, 11) is -2.91. The molecule has 0 aliphatic carbocycles. The number of sulfone groups is 1. The zero-order valence-electron chi connectivity index (χ0n) is 10.2. The van der Waals surface area contributed by atoms with Gasteiger partial charge in [-0.05, 0) is 32.7 Å². The molecular formula is C11H20N2O3S. The molecule has 0 spiro atoms. The van der Waals surface area contributed by atoms with Crippen molar-refractivity contribution in [3.63, 3.8) is 0 Å². The van der Waals surface area contributed by atoms with Gasteiger partial charge in [0.1, 0.15) is 0 Å². The molecule has 2 fully saturated rings. The molecule has 0 aromatic rings. The summed E-state index contributed by atoms with van der Waals surface area (Å²) in [5.41, 5.74) is -0.487. The number of carbonyl (C=O) groups excluding carboxylic acids is 1. The number of carbonyl (C=O) groups is 1. The third-order valence-electron chi connectivity index (χ3n) is 3.72. The number of rotatable bonds is 1. The highest BCUT2D eigenvalue weighted by Gasteiger charge is 2.39. The minimum atomic E-state index is -2.91. The Labute approximate surface area is 102 Å². The van der Waals surface area contributed by atoms with Crippen molar-refractivity contribution in [1.29, 1.82) is 0 Å². The van der Waals surface area contributed by atoms with E-state index < -0.39 is 15.4 Å². The number of nitrogens with zero attached hydrogens (tertiary/aromatic N) is 1. The molecule has 0 saturated carbocycles. The fourth-order valence-electron chi connectivity index (χ4n) is 2.50. The minimum Gasteiger partial charge on any atom is -0.339 e. The lowest BCUT2D eigenvalue weighted by Crippen LogP contribution is -2.60. The molecule has 1 atom stereocenters. The largest absolute Gasteiger partial charge is 0.339 e. The highest BCUT2D eigenvalue weighted by molar-refractivity contribution is 7.91. The zero-order chi connectivity index (χ0) is 12.5. The molecule has 2 aliphatic heterocycles. The Morgan fingerprint density at radius 1 is 1.24 bits per heavy atom. The molecule has 6 heteroatoms. The number of piperidine rings is 1. The fourth-order valence-corrected chi connectivity index (χ4v) is 3.70. The van der Waals surface area contributed by atoms with Gasteiger partial charge in [-0.15, -0.1) is 0 Å². The zero-order valence-corrected chi connectivity index (χ0v) is 11.1. The number of nitrogens with one attached hydrogen (secondary N) is 1. The lowest BCUT2D eigenvalue weighted by Gasteiger charge is -2.39. The van der Waals surface area contributed by atoms with E-state index in [4.69, 9.17) is 0 Å². The Morgan fingerprint density at radius 3 is 2.41 bits per heavy atom. The molecule has 2 saturated heterocycles. The van der Waals surface area contributed by atoms with Crippen LogP contribution in [0.3, 0.4) is 0 Å². The maximum atomic E-state index is 12.4. The van der Waals surface area contributed by atoms with Crippen molar-refractivity contribution in [3.05, 3.63) is 0 Å². The van der Waals surface area contributed by atoms with E-state index in [0.29, 0.717) is 13.1 Å². The van der Waals surface area contributed by atoms with E-state index in [-0.39, 0.29) is 17.4 Å². The molecule has 5 nitrogen and oxygen atoms in total. The van der Waals surface area contributed by atoms with Crippen molar-refractivity contribution in [2.45, 2.75) is 31.7 Å². The Kier molecular flexibility index (Phi) is 3.45. The van der Waals surface area contributed by atoms with Crippen molar-refractivity contribution in [1.82, 2.24) is 10.2 Å². The molecule has 0 radical (unpaired) electrons. The van der Waals surface area contributed by atoms with Crippen LogP contribution in [0.1, 0.15) is 26.2 Å². The standard InChI is InChI=1S/C11H20N2O3S/c1-11(4-2-3-5-12-11)10(14)13-6-8-17(15,16)9-7-13/h12H,2-9H2,1H3. The molecule has 2 heterocycles. The summed E-state index contributed by atoms with van der Waals surface area (Å²) in [6.45, 7) is 3.49. The Bertz CT molecular complexity index is 385. The molecular weight excluding hydrogens is 240 g/mol. The van der Waals surface area contributed by atoms with Crippen LogP contribution in [0.2, 0.25) is 0 Å². The average Bonchev–Trinajstić information content (AvgIpc) is 2.29. The van der Waals surface area contributed by atoms with E-state index >= 15 is 0 Å². The highest BCUT2D eigenvalue weighted by Crippen LogP contribution is 2.22.